The Labute approximate surface area is 133 Å². The Bertz CT molecular complexity index is 672. The Balaban J connectivity index is 2.09. The summed E-state index contributed by atoms with van der Waals surface area (Å²) in [5, 5.41) is 0.285. The van der Waals surface area contributed by atoms with E-state index >= 15 is 0 Å². The van der Waals surface area contributed by atoms with Crippen molar-refractivity contribution in [3.8, 4) is 0 Å². The quantitative estimate of drug-likeness (QED) is 0.804. The summed E-state index contributed by atoms with van der Waals surface area (Å²) < 4.78 is 0. The highest BCUT2D eigenvalue weighted by Crippen LogP contribution is 2.35. The molecule has 1 aromatic heterocycles. The lowest BCUT2D eigenvalue weighted by molar-refractivity contribution is 0.0982. The first-order valence-electron chi connectivity index (χ1n) is 6.82. The monoisotopic (exact) mass is 321 g/mol. The molecule has 21 heavy (non-hydrogen) atoms. The number of hydrogen-bond acceptors (Lipinski definition) is 4. The van der Waals surface area contributed by atoms with Crippen LogP contribution in [0.1, 0.15) is 23.0 Å². The van der Waals surface area contributed by atoms with Crippen molar-refractivity contribution in [3.05, 3.63) is 39.8 Å². The van der Waals surface area contributed by atoms with E-state index in [0.29, 0.717) is 4.88 Å². The number of carbonyl (C=O) groups is 1. The zero-order valence-corrected chi connectivity index (χ0v) is 13.5. The first-order valence-corrected chi connectivity index (χ1v) is 8.08. The fourth-order valence-electron chi connectivity index (χ4n) is 2.65. The van der Waals surface area contributed by atoms with Crippen LogP contribution >= 0.6 is 22.9 Å². The normalized spacial score (nSPS) is 18.3. The maximum Gasteiger partial charge on any atom is 0.271 e. The Hall–Kier alpha value is -1.59. The summed E-state index contributed by atoms with van der Waals surface area (Å²) in [6, 6.07) is 8.09. The van der Waals surface area contributed by atoms with Crippen molar-refractivity contribution in [2.45, 2.75) is 19.4 Å². The molecule has 1 amide bonds. The molecule has 0 unspecified atom stereocenters. The molecule has 0 spiro atoms. The molecule has 0 radical (unpaired) electrons. The maximum absolute atomic E-state index is 12.9. The van der Waals surface area contributed by atoms with E-state index in [1.54, 1.807) is 5.51 Å². The number of anilines is 2. The van der Waals surface area contributed by atoms with Crippen LogP contribution in [0.25, 0.3) is 0 Å². The Morgan fingerprint density at radius 2 is 2.10 bits per heavy atom. The zero-order chi connectivity index (χ0) is 15.0. The summed E-state index contributed by atoms with van der Waals surface area (Å²) in [6.07, 6.45) is 0.910. The van der Waals surface area contributed by atoms with Gasteiger partial charge in [0, 0.05) is 19.6 Å². The van der Waals surface area contributed by atoms with Gasteiger partial charge in [-0.3, -0.25) is 4.79 Å². The average molecular weight is 322 g/mol. The molecular weight excluding hydrogens is 306 g/mol. The van der Waals surface area contributed by atoms with Crippen molar-refractivity contribution in [1.29, 1.82) is 0 Å². The van der Waals surface area contributed by atoms with Crippen LogP contribution in [0.15, 0.2) is 29.8 Å². The molecule has 1 aliphatic rings. The summed E-state index contributed by atoms with van der Waals surface area (Å²) >= 11 is 7.33. The van der Waals surface area contributed by atoms with Gasteiger partial charge in [0.05, 0.1) is 16.9 Å². The van der Waals surface area contributed by atoms with Gasteiger partial charge >= 0.3 is 0 Å². The van der Waals surface area contributed by atoms with Crippen LogP contribution in [0.2, 0.25) is 5.15 Å². The summed E-state index contributed by atoms with van der Waals surface area (Å²) in [7, 11) is 2.05. The van der Waals surface area contributed by atoms with Crippen LogP contribution in [0.5, 0.6) is 0 Å². The van der Waals surface area contributed by atoms with E-state index in [1.807, 2.05) is 29.2 Å². The molecule has 0 aliphatic carbocycles. The lowest BCUT2D eigenvalue weighted by Crippen LogP contribution is -2.38. The van der Waals surface area contributed by atoms with Crippen molar-refractivity contribution in [2.24, 2.45) is 0 Å². The number of para-hydroxylation sites is 2. The van der Waals surface area contributed by atoms with Gasteiger partial charge in [-0.25, -0.2) is 4.98 Å². The minimum absolute atomic E-state index is 0.0715. The van der Waals surface area contributed by atoms with Gasteiger partial charge in [0.1, 0.15) is 4.88 Å². The molecule has 0 saturated heterocycles. The molecule has 3 rings (SSSR count). The molecule has 4 nitrogen and oxygen atoms in total. The lowest BCUT2D eigenvalue weighted by Gasteiger charge is -2.28. The first-order chi connectivity index (χ1) is 10.1. The second-order valence-electron chi connectivity index (χ2n) is 5.20. The number of hydrogen-bond donors (Lipinski definition) is 0. The molecule has 2 aromatic rings. The van der Waals surface area contributed by atoms with Crippen molar-refractivity contribution in [2.75, 3.05) is 23.4 Å². The number of fused-ring (bicyclic) bond motifs is 1. The number of amides is 1. The molecule has 0 bridgehead atoms. The number of aromatic nitrogens is 1. The fraction of sp³-hybridized carbons (Fsp3) is 0.333. The van der Waals surface area contributed by atoms with E-state index in [2.05, 4.69) is 23.9 Å². The van der Waals surface area contributed by atoms with Gasteiger partial charge < -0.3 is 9.80 Å². The largest absolute Gasteiger partial charge is 0.373 e. The fourth-order valence-corrected chi connectivity index (χ4v) is 3.58. The maximum atomic E-state index is 12.9. The number of rotatable bonds is 1. The number of carbonyl (C=O) groups excluding carboxylic acids is 1. The third kappa shape index (κ3) is 2.51. The van der Waals surface area contributed by atoms with Crippen LogP contribution < -0.4 is 9.80 Å². The summed E-state index contributed by atoms with van der Waals surface area (Å²) in [5.41, 5.74) is 3.60. The van der Waals surface area contributed by atoms with Crippen LogP contribution in [0.4, 0.5) is 11.4 Å². The third-order valence-electron chi connectivity index (χ3n) is 3.81. The Morgan fingerprint density at radius 3 is 2.76 bits per heavy atom. The molecule has 6 heteroatoms. The molecule has 0 fully saturated rings. The number of thiazole rings is 1. The van der Waals surface area contributed by atoms with Gasteiger partial charge in [0.25, 0.3) is 5.91 Å². The molecule has 2 heterocycles. The van der Waals surface area contributed by atoms with Gasteiger partial charge in [0.2, 0.25) is 0 Å². The van der Waals surface area contributed by atoms with Gasteiger partial charge in [0.15, 0.2) is 5.15 Å². The number of benzene rings is 1. The minimum atomic E-state index is -0.0715. The predicted octanol–water partition coefficient (Wildman–Crippen LogP) is 3.67. The second kappa shape index (κ2) is 5.66. The molecular formula is C15H16ClN3OS. The molecule has 0 saturated carbocycles. The lowest BCUT2D eigenvalue weighted by atomic mass is 10.1. The molecule has 110 valence electrons. The summed E-state index contributed by atoms with van der Waals surface area (Å²) in [5.74, 6) is -0.0715. The van der Waals surface area contributed by atoms with Crippen LogP contribution in [-0.4, -0.2) is 30.5 Å². The smallest absolute Gasteiger partial charge is 0.271 e. The number of halogens is 1. The third-order valence-corrected chi connectivity index (χ3v) is 5.03. The van der Waals surface area contributed by atoms with E-state index in [1.165, 1.54) is 11.3 Å². The van der Waals surface area contributed by atoms with E-state index in [4.69, 9.17) is 11.6 Å². The van der Waals surface area contributed by atoms with Gasteiger partial charge in [-0.1, -0.05) is 23.7 Å². The van der Waals surface area contributed by atoms with Gasteiger partial charge in [-0.2, -0.15) is 0 Å². The topological polar surface area (TPSA) is 36.4 Å². The Morgan fingerprint density at radius 1 is 1.38 bits per heavy atom. The SMILES string of the molecule is C[C@H]1CCN(C)c2ccccc2N1C(=O)c1scnc1Cl. The number of nitrogens with zero attached hydrogens (tertiary/aromatic N) is 3. The van der Waals surface area contributed by atoms with Gasteiger partial charge in [-0.05, 0) is 25.5 Å². The first kappa shape index (κ1) is 14.4. The van der Waals surface area contributed by atoms with Crippen molar-refractivity contribution in [3.63, 3.8) is 0 Å². The Kier molecular flexibility index (Phi) is 3.87. The highest BCUT2D eigenvalue weighted by atomic mass is 35.5. The van der Waals surface area contributed by atoms with E-state index in [0.717, 1.165) is 24.3 Å². The molecule has 1 aliphatic heterocycles. The highest BCUT2D eigenvalue weighted by Gasteiger charge is 2.30. The van der Waals surface area contributed by atoms with E-state index < -0.39 is 0 Å². The summed E-state index contributed by atoms with van der Waals surface area (Å²) in [4.78, 5) is 21.4. The van der Waals surface area contributed by atoms with Gasteiger partial charge in [-0.15, -0.1) is 11.3 Å². The summed E-state index contributed by atoms with van der Waals surface area (Å²) in [6.45, 7) is 2.99. The average Bonchev–Trinajstić information content (AvgIpc) is 2.86. The minimum Gasteiger partial charge on any atom is -0.373 e. The van der Waals surface area contributed by atoms with Crippen LogP contribution in [-0.2, 0) is 0 Å². The van der Waals surface area contributed by atoms with Crippen molar-refractivity contribution in [1.82, 2.24) is 4.98 Å². The molecule has 0 N–H and O–H groups in total. The zero-order valence-electron chi connectivity index (χ0n) is 11.9. The van der Waals surface area contributed by atoms with Crippen molar-refractivity contribution >= 4 is 40.2 Å². The standard InChI is InChI=1S/C15H16ClN3OS/c1-10-7-8-18(2)11-5-3-4-6-12(11)19(10)15(20)13-14(16)17-9-21-13/h3-6,9-10H,7-8H2,1-2H3/t10-/m0/s1. The van der Waals surface area contributed by atoms with E-state index in [-0.39, 0.29) is 17.1 Å². The van der Waals surface area contributed by atoms with E-state index in [9.17, 15) is 4.79 Å². The second-order valence-corrected chi connectivity index (χ2v) is 6.41. The molecule has 1 atom stereocenters. The highest BCUT2D eigenvalue weighted by molar-refractivity contribution is 7.12. The van der Waals surface area contributed by atoms with Crippen molar-refractivity contribution < 1.29 is 4.79 Å². The predicted molar refractivity (Wildman–Crippen MR) is 87.7 cm³/mol. The molecule has 1 aromatic carbocycles. The van der Waals surface area contributed by atoms with Crippen LogP contribution in [0, 0.1) is 0 Å². The van der Waals surface area contributed by atoms with Crippen LogP contribution in [0.3, 0.4) is 0 Å².